The number of rotatable bonds is 5. The summed E-state index contributed by atoms with van der Waals surface area (Å²) in [6, 6.07) is 15.8. The Bertz CT molecular complexity index is 1190. The third-order valence-corrected chi connectivity index (χ3v) is 6.01. The molecule has 0 bridgehead atoms. The minimum atomic E-state index is -0.332. The highest BCUT2D eigenvalue weighted by Crippen LogP contribution is 2.27. The summed E-state index contributed by atoms with van der Waals surface area (Å²) in [5.74, 6) is 2.19. The molecule has 32 heavy (non-hydrogen) atoms. The van der Waals surface area contributed by atoms with Crippen molar-refractivity contribution in [1.82, 2.24) is 29.6 Å². The summed E-state index contributed by atoms with van der Waals surface area (Å²) < 4.78 is 16.2. The number of benzene rings is 2. The van der Waals surface area contributed by atoms with E-state index in [0.29, 0.717) is 34.8 Å². The fourth-order valence-electron chi connectivity index (χ4n) is 4.06. The lowest BCUT2D eigenvalue weighted by Gasteiger charge is -2.30. The van der Waals surface area contributed by atoms with Gasteiger partial charge in [0.1, 0.15) is 23.2 Å². The van der Waals surface area contributed by atoms with E-state index in [-0.39, 0.29) is 5.82 Å². The van der Waals surface area contributed by atoms with E-state index in [1.54, 1.807) is 47.4 Å². The van der Waals surface area contributed by atoms with E-state index in [0.717, 1.165) is 37.3 Å². The molecule has 162 valence electrons. The summed E-state index contributed by atoms with van der Waals surface area (Å²) in [4.78, 5) is 15.9. The Balaban J connectivity index is 1.40. The quantitative estimate of drug-likeness (QED) is 0.434. The Hall–Kier alpha value is -3.16. The molecule has 2 aromatic carbocycles. The van der Waals surface area contributed by atoms with Crippen LogP contribution in [0, 0.1) is 5.82 Å². The van der Waals surface area contributed by atoms with E-state index in [2.05, 4.69) is 20.0 Å². The van der Waals surface area contributed by atoms with Gasteiger partial charge in [0.05, 0.1) is 6.54 Å². The number of nitrogens with zero attached hydrogens (tertiary/aromatic N) is 6. The number of para-hydroxylation sites is 1. The van der Waals surface area contributed by atoms with Crippen molar-refractivity contribution < 1.29 is 4.39 Å². The van der Waals surface area contributed by atoms with Crippen molar-refractivity contribution in [2.45, 2.75) is 25.3 Å². The Labute approximate surface area is 190 Å². The highest BCUT2D eigenvalue weighted by molar-refractivity contribution is 6.30. The van der Waals surface area contributed by atoms with Gasteiger partial charge < -0.3 is 0 Å². The number of likely N-dealkylation sites (tertiary alicyclic amines) is 1. The fraction of sp³-hybridized carbons (Fsp3) is 0.250. The average molecular weight is 449 g/mol. The molecule has 0 saturated carbocycles. The minimum absolute atomic E-state index is 0.332. The van der Waals surface area contributed by atoms with Crippen molar-refractivity contribution in [3.63, 3.8) is 0 Å². The second kappa shape index (κ2) is 9.14. The number of hydrogen-bond donors (Lipinski definition) is 0. The largest absolute Gasteiger partial charge is 0.296 e. The van der Waals surface area contributed by atoms with Crippen molar-refractivity contribution >= 4 is 11.6 Å². The topological polar surface area (TPSA) is 59.7 Å². The van der Waals surface area contributed by atoms with Gasteiger partial charge in [0.15, 0.2) is 5.82 Å². The van der Waals surface area contributed by atoms with Crippen LogP contribution in [-0.4, -0.2) is 42.7 Å². The highest BCUT2D eigenvalue weighted by atomic mass is 35.5. The first-order valence-electron chi connectivity index (χ1n) is 10.6. The Morgan fingerprint density at radius 3 is 2.38 bits per heavy atom. The van der Waals surface area contributed by atoms with Crippen LogP contribution < -0.4 is 0 Å². The van der Waals surface area contributed by atoms with Gasteiger partial charge in [-0.1, -0.05) is 23.7 Å². The molecule has 1 aliphatic rings. The van der Waals surface area contributed by atoms with Gasteiger partial charge in [-0.25, -0.2) is 24.0 Å². The van der Waals surface area contributed by atoms with Crippen molar-refractivity contribution in [3.8, 4) is 17.1 Å². The molecule has 0 unspecified atom stereocenters. The van der Waals surface area contributed by atoms with E-state index in [1.165, 1.54) is 6.07 Å². The van der Waals surface area contributed by atoms with Crippen molar-refractivity contribution in [2.75, 3.05) is 13.1 Å². The molecule has 2 aromatic heterocycles. The van der Waals surface area contributed by atoms with Crippen LogP contribution in [0.4, 0.5) is 4.39 Å². The lowest BCUT2D eigenvalue weighted by atomic mass is 9.96. The van der Waals surface area contributed by atoms with Gasteiger partial charge in [-0.2, -0.15) is 0 Å². The number of aromatic nitrogens is 5. The number of halogens is 2. The van der Waals surface area contributed by atoms with Gasteiger partial charge in [0.2, 0.25) is 0 Å². The maximum atomic E-state index is 14.6. The summed E-state index contributed by atoms with van der Waals surface area (Å²) >= 11 is 6.03. The van der Waals surface area contributed by atoms with Crippen molar-refractivity contribution in [3.05, 3.63) is 89.5 Å². The first kappa shape index (κ1) is 20.7. The molecule has 8 heteroatoms. The predicted molar refractivity (Wildman–Crippen MR) is 121 cm³/mol. The predicted octanol–water partition coefficient (Wildman–Crippen LogP) is 4.90. The van der Waals surface area contributed by atoms with Crippen LogP contribution in [0.2, 0.25) is 5.02 Å². The average Bonchev–Trinajstić information content (AvgIpc) is 3.24. The third-order valence-electron chi connectivity index (χ3n) is 5.76. The van der Waals surface area contributed by atoms with Gasteiger partial charge in [0, 0.05) is 28.9 Å². The van der Waals surface area contributed by atoms with E-state index in [1.807, 2.05) is 18.2 Å². The molecule has 0 amide bonds. The van der Waals surface area contributed by atoms with Gasteiger partial charge in [-0.05, 0) is 68.4 Å². The zero-order chi connectivity index (χ0) is 21.9. The van der Waals surface area contributed by atoms with Crippen molar-refractivity contribution in [1.29, 1.82) is 0 Å². The first-order chi connectivity index (χ1) is 15.7. The SMILES string of the molecule is Fc1ccccc1-n1nc(-c2ccc(Cl)cc2)nc1CN1CCC(c2ncccn2)CC1. The second-order valence-electron chi connectivity index (χ2n) is 7.88. The van der Waals surface area contributed by atoms with E-state index in [4.69, 9.17) is 16.6 Å². The number of piperidine rings is 1. The summed E-state index contributed by atoms with van der Waals surface area (Å²) in [6.45, 7) is 2.37. The molecule has 3 heterocycles. The van der Waals surface area contributed by atoms with E-state index < -0.39 is 0 Å². The Morgan fingerprint density at radius 1 is 0.938 bits per heavy atom. The van der Waals surface area contributed by atoms with E-state index >= 15 is 0 Å². The molecule has 4 aromatic rings. The summed E-state index contributed by atoms with van der Waals surface area (Å²) in [5, 5.41) is 5.29. The molecular formula is C24H22ClFN6. The zero-order valence-electron chi connectivity index (χ0n) is 17.4. The maximum Gasteiger partial charge on any atom is 0.181 e. The molecule has 0 aliphatic carbocycles. The van der Waals surface area contributed by atoms with Gasteiger partial charge in [-0.15, -0.1) is 5.10 Å². The molecule has 0 radical (unpaired) electrons. The van der Waals surface area contributed by atoms with Crippen LogP contribution in [-0.2, 0) is 6.54 Å². The molecule has 0 N–H and O–H groups in total. The zero-order valence-corrected chi connectivity index (χ0v) is 18.2. The van der Waals surface area contributed by atoms with Crippen LogP contribution in [0.25, 0.3) is 17.1 Å². The Kier molecular flexibility index (Phi) is 5.92. The maximum absolute atomic E-state index is 14.6. The molecule has 1 saturated heterocycles. The molecule has 0 atom stereocenters. The molecule has 1 aliphatic heterocycles. The van der Waals surface area contributed by atoms with Crippen molar-refractivity contribution in [2.24, 2.45) is 0 Å². The lowest BCUT2D eigenvalue weighted by molar-refractivity contribution is 0.196. The highest BCUT2D eigenvalue weighted by Gasteiger charge is 2.25. The molecular weight excluding hydrogens is 427 g/mol. The normalized spacial score (nSPS) is 15.2. The van der Waals surface area contributed by atoms with E-state index in [9.17, 15) is 4.39 Å². The van der Waals surface area contributed by atoms with Crippen LogP contribution in [0.3, 0.4) is 0 Å². The molecule has 1 fully saturated rings. The monoisotopic (exact) mass is 448 g/mol. The van der Waals surface area contributed by atoms with Crippen LogP contribution in [0.5, 0.6) is 0 Å². The number of hydrogen-bond acceptors (Lipinski definition) is 5. The smallest absolute Gasteiger partial charge is 0.181 e. The Morgan fingerprint density at radius 2 is 1.66 bits per heavy atom. The van der Waals surface area contributed by atoms with Crippen LogP contribution in [0.15, 0.2) is 67.0 Å². The van der Waals surface area contributed by atoms with Gasteiger partial charge >= 0.3 is 0 Å². The van der Waals surface area contributed by atoms with Crippen LogP contribution in [0.1, 0.15) is 30.4 Å². The fourth-order valence-corrected chi connectivity index (χ4v) is 4.18. The minimum Gasteiger partial charge on any atom is -0.296 e. The molecule has 0 spiro atoms. The van der Waals surface area contributed by atoms with Crippen LogP contribution >= 0.6 is 11.6 Å². The standard InChI is InChI=1S/C24H22ClFN6/c25-19-8-6-17(7-9-19)24-29-22(32(30-24)21-5-2-1-4-20(21)26)16-31-14-10-18(11-15-31)23-27-12-3-13-28-23/h1-9,12-13,18H,10-11,14-16H2. The van der Waals surface area contributed by atoms with Gasteiger partial charge in [-0.3, -0.25) is 4.90 Å². The summed E-state index contributed by atoms with van der Waals surface area (Å²) in [6.07, 6.45) is 5.54. The molecule has 6 nitrogen and oxygen atoms in total. The second-order valence-corrected chi connectivity index (χ2v) is 8.32. The summed E-state index contributed by atoms with van der Waals surface area (Å²) in [7, 11) is 0. The first-order valence-corrected chi connectivity index (χ1v) is 11.0. The lowest BCUT2D eigenvalue weighted by Crippen LogP contribution is -2.33. The summed E-state index contributed by atoms with van der Waals surface area (Å²) in [5.41, 5.74) is 1.23. The third kappa shape index (κ3) is 4.40. The van der Waals surface area contributed by atoms with Gasteiger partial charge in [0.25, 0.3) is 0 Å². The molecule has 5 rings (SSSR count).